The van der Waals surface area contributed by atoms with Crippen LogP contribution < -0.4 is 15.4 Å². The predicted octanol–water partition coefficient (Wildman–Crippen LogP) is 1.22. The molecule has 0 saturated heterocycles. The fourth-order valence-electron chi connectivity index (χ4n) is 2.91. The molecule has 1 saturated carbocycles. The van der Waals surface area contributed by atoms with Crippen LogP contribution in [-0.4, -0.2) is 58.8 Å². The molecule has 8 heteroatoms. The first-order chi connectivity index (χ1) is 12.0. The van der Waals surface area contributed by atoms with Crippen molar-refractivity contribution in [3.63, 3.8) is 0 Å². The van der Waals surface area contributed by atoms with E-state index in [-0.39, 0.29) is 24.7 Å². The minimum Gasteiger partial charge on any atom is -0.480 e. The maximum absolute atomic E-state index is 12.0. The van der Waals surface area contributed by atoms with Crippen LogP contribution in [0.25, 0.3) is 0 Å². The first-order valence-corrected chi connectivity index (χ1v) is 8.60. The zero-order valence-corrected chi connectivity index (χ0v) is 14.7. The second-order valence-electron chi connectivity index (χ2n) is 6.01. The number of carbonyl (C=O) groups is 2. The molecule has 1 aromatic rings. The maximum Gasteiger partial charge on any atom is 0.317 e. The van der Waals surface area contributed by atoms with Gasteiger partial charge in [-0.1, -0.05) is 13.0 Å². The molecule has 3 N–H and O–H groups in total. The fourth-order valence-corrected chi connectivity index (χ4v) is 2.91. The average molecular weight is 350 g/mol. The summed E-state index contributed by atoms with van der Waals surface area (Å²) in [6, 6.07) is 3.72. The molecule has 138 valence electrons. The van der Waals surface area contributed by atoms with E-state index in [1.165, 1.54) is 0 Å². The van der Waals surface area contributed by atoms with Gasteiger partial charge in [0.05, 0.1) is 13.2 Å². The summed E-state index contributed by atoms with van der Waals surface area (Å²) in [7, 11) is 0. The van der Waals surface area contributed by atoms with Crippen LogP contribution in [0.1, 0.15) is 32.3 Å². The molecular weight excluding hydrogens is 324 g/mol. The Kier molecular flexibility index (Phi) is 7.00. The molecule has 1 fully saturated rings. The number of nitrogens with zero attached hydrogens (tertiary/aromatic N) is 2. The number of rotatable bonds is 9. The number of aromatic nitrogens is 1. The van der Waals surface area contributed by atoms with Crippen molar-refractivity contribution in [2.45, 2.75) is 45.3 Å². The second-order valence-corrected chi connectivity index (χ2v) is 6.01. The molecule has 1 aliphatic rings. The molecule has 0 aromatic carbocycles. The Bertz CT molecular complexity index is 590. The van der Waals surface area contributed by atoms with Gasteiger partial charge in [-0.3, -0.25) is 9.69 Å². The second kappa shape index (κ2) is 9.22. The number of carbonyl (C=O) groups excluding carboxylic acids is 1. The van der Waals surface area contributed by atoms with Gasteiger partial charge in [0.1, 0.15) is 0 Å². The molecule has 25 heavy (non-hydrogen) atoms. The molecule has 0 radical (unpaired) electrons. The van der Waals surface area contributed by atoms with Crippen LogP contribution in [0.3, 0.4) is 0 Å². The van der Waals surface area contributed by atoms with Crippen molar-refractivity contribution >= 4 is 12.0 Å². The Balaban J connectivity index is 1.73. The fraction of sp³-hybridized carbons (Fsp3) is 0.588. The highest BCUT2D eigenvalue weighted by Crippen LogP contribution is 2.25. The molecule has 2 rings (SSSR count). The number of hydrogen-bond acceptors (Lipinski definition) is 5. The highest BCUT2D eigenvalue weighted by atomic mass is 16.5. The third-order valence-corrected chi connectivity index (χ3v) is 4.28. The summed E-state index contributed by atoms with van der Waals surface area (Å²) in [6.07, 6.45) is 3.19. The van der Waals surface area contributed by atoms with Crippen LogP contribution in [-0.2, 0) is 11.3 Å². The lowest BCUT2D eigenvalue weighted by Gasteiger charge is -2.42. The lowest BCUT2D eigenvalue weighted by Crippen LogP contribution is -2.56. The predicted molar refractivity (Wildman–Crippen MR) is 92.5 cm³/mol. The van der Waals surface area contributed by atoms with Crippen LogP contribution in [0.2, 0.25) is 0 Å². The smallest absolute Gasteiger partial charge is 0.317 e. The van der Waals surface area contributed by atoms with E-state index < -0.39 is 5.97 Å². The molecular formula is C17H26N4O4. The Morgan fingerprint density at radius 1 is 1.40 bits per heavy atom. The first kappa shape index (κ1) is 19.0. The number of ether oxygens (including phenoxy) is 1. The molecule has 0 spiro atoms. The summed E-state index contributed by atoms with van der Waals surface area (Å²) in [5, 5.41) is 14.6. The standard InChI is InChI=1S/C17H26N4O4/c1-3-21(11-15(22)23)14-8-13(9-14)20-17(24)19-10-12-6-5-7-18-16(12)25-4-2/h5-7,13-14H,3-4,8-11H2,1-2H3,(H,22,23)(H2,19,20,24). The number of nitrogens with one attached hydrogen (secondary N) is 2. The van der Waals surface area contributed by atoms with E-state index in [2.05, 4.69) is 15.6 Å². The summed E-state index contributed by atoms with van der Waals surface area (Å²) in [6.45, 7) is 5.42. The first-order valence-electron chi connectivity index (χ1n) is 8.60. The van der Waals surface area contributed by atoms with Crippen molar-refractivity contribution < 1.29 is 19.4 Å². The Morgan fingerprint density at radius 2 is 2.16 bits per heavy atom. The number of pyridine rings is 1. The van der Waals surface area contributed by atoms with Crippen LogP contribution in [0.4, 0.5) is 4.79 Å². The van der Waals surface area contributed by atoms with Gasteiger partial charge in [0, 0.05) is 30.4 Å². The van der Waals surface area contributed by atoms with Crippen molar-refractivity contribution in [3.05, 3.63) is 23.9 Å². The Morgan fingerprint density at radius 3 is 2.80 bits per heavy atom. The molecule has 0 bridgehead atoms. The van der Waals surface area contributed by atoms with Gasteiger partial charge in [0.15, 0.2) is 0 Å². The number of likely N-dealkylation sites (N-methyl/N-ethyl adjacent to an activating group) is 1. The van der Waals surface area contributed by atoms with Gasteiger partial charge in [-0.2, -0.15) is 0 Å². The molecule has 0 aliphatic heterocycles. The zero-order chi connectivity index (χ0) is 18.2. The Labute approximate surface area is 147 Å². The molecule has 8 nitrogen and oxygen atoms in total. The van der Waals surface area contributed by atoms with E-state index in [9.17, 15) is 9.59 Å². The Hall–Kier alpha value is -2.35. The molecule has 2 amide bonds. The highest BCUT2D eigenvalue weighted by Gasteiger charge is 2.34. The number of carboxylic acids is 1. The molecule has 0 atom stereocenters. The van der Waals surface area contributed by atoms with Crippen molar-refractivity contribution in [3.8, 4) is 5.88 Å². The number of aliphatic carboxylic acids is 1. The normalized spacial score (nSPS) is 19.2. The van der Waals surface area contributed by atoms with Gasteiger partial charge >= 0.3 is 12.0 Å². The van der Waals surface area contributed by atoms with Crippen LogP contribution in [0, 0.1) is 0 Å². The van der Waals surface area contributed by atoms with Gasteiger partial charge in [0.25, 0.3) is 0 Å². The van der Waals surface area contributed by atoms with Gasteiger partial charge < -0.3 is 20.5 Å². The molecule has 1 heterocycles. The van der Waals surface area contributed by atoms with E-state index in [1.54, 1.807) is 12.3 Å². The van der Waals surface area contributed by atoms with E-state index in [4.69, 9.17) is 9.84 Å². The lowest BCUT2D eigenvalue weighted by molar-refractivity contribution is -0.139. The number of urea groups is 1. The molecule has 0 unspecified atom stereocenters. The summed E-state index contributed by atoms with van der Waals surface area (Å²) in [5.74, 6) is -0.293. The lowest BCUT2D eigenvalue weighted by atomic mass is 9.85. The van der Waals surface area contributed by atoms with E-state index in [0.29, 0.717) is 25.6 Å². The highest BCUT2D eigenvalue weighted by molar-refractivity contribution is 5.74. The third-order valence-electron chi connectivity index (χ3n) is 4.28. The SMILES string of the molecule is CCOc1ncccc1CNC(=O)NC1CC(N(CC)CC(=O)O)C1. The third kappa shape index (κ3) is 5.60. The quantitative estimate of drug-likeness (QED) is 0.619. The van der Waals surface area contributed by atoms with Gasteiger partial charge in [-0.15, -0.1) is 0 Å². The van der Waals surface area contributed by atoms with E-state index >= 15 is 0 Å². The van der Waals surface area contributed by atoms with Crippen LogP contribution in [0.5, 0.6) is 5.88 Å². The zero-order valence-electron chi connectivity index (χ0n) is 14.7. The summed E-state index contributed by atoms with van der Waals surface area (Å²) in [5.41, 5.74) is 0.824. The van der Waals surface area contributed by atoms with Gasteiger partial charge in [-0.25, -0.2) is 9.78 Å². The minimum absolute atomic E-state index is 0.0430. The maximum atomic E-state index is 12.0. The largest absolute Gasteiger partial charge is 0.480 e. The van der Waals surface area contributed by atoms with E-state index in [1.807, 2.05) is 24.8 Å². The van der Waals surface area contributed by atoms with Gasteiger partial charge in [0.2, 0.25) is 5.88 Å². The molecule has 1 aliphatic carbocycles. The van der Waals surface area contributed by atoms with Crippen molar-refractivity contribution in [2.24, 2.45) is 0 Å². The number of carboxylic acid groups (broad SMARTS) is 1. The van der Waals surface area contributed by atoms with Crippen molar-refractivity contribution in [1.82, 2.24) is 20.5 Å². The summed E-state index contributed by atoms with van der Waals surface area (Å²) >= 11 is 0. The van der Waals surface area contributed by atoms with Crippen molar-refractivity contribution in [1.29, 1.82) is 0 Å². The number of amides is 2. The molecule has 1 aromatic heterocycles. The van der Waals surface area contributed by atoms with Crippen LogP contribution in [0.15, 0.2) is 18.3 Å². The monoisotopic (exact) mass is 350 g/mol. The topological polar surface area (TPSA) is 104 Å². The van der Waals surface area contributed by atoms with Crippen molar-refractivity contribution in [2.75, 3.05) is 19.7 Å². The summed E-state index contributed by atoms with van der Waals surface area (Å²) < 4.78 is 5.43. The minimum atomic E-state index is -0.822. The van der Waals surface area contributed by atoms with Gasteiger partial charge in [-0.05, 0) is 32.4 Å². The number of hydrogen-bond donors (Lipinski definition) is 3. The average Bonchev–Trinajstić information content (AvgIpc) is 2.55. The van der Waals surface area contributed by atoms with Crippen LogP contribution >= 0.6 is 0 Å². The van der Waals surface area contributed by atoms with E-state index in [0.717, 1.165) is 18.4 Å². The summed E-state index contributed by atoms with van der Waals surface area (Å²) in [4.78, 5) is 28.9.